The number of hydrogen-bond acceptors (Lipinski definition) is 5. The first kappa shape index (κ1) is 21.8. The van der Waals surface area contributed by atoms with Gasteiger partial charge in [0.1, 0.15) is 0 Å². The molecule has 8 nitrogen and oxygen atoms in total. The Kier molecular flexibility index (Phi) is 7.23. The average molecular weight is 436 g/mol. The first-order chi connectivity index (χ1) is 14.9. The summed E-state index contributed by atoms with van der Waals surface area (Å²) >= 11 is 1.42. The Morgan fingerprint density at radius 2 is 1.77 bits per heavy atom. The van der Waals surface area contributed by atoms with Crippen LogP contribution in [0.3, 0.4) is 0 Å². The van der Waals surface area contributed by atoms with Gasteiger partial charge in [0, 0.05) is 39.5 Å². The van der Waals surface area contributed by atoms with Crippen LogP contribution in [0.4, 0.5) is 16.2 Å². The standard InChI is InChI=1S/C22H20N4O4S/c23-22(30)26-17-5-1-3-14(11-17)21(29)25-16-6-8-18(9-7-16)31-19(12-20(27)28)15-4-2-10-24-13-15/h1-11,13,19H,12H2,(H,25,29)(H,27,28)(H3,23,26,30). The highest BCUT2D eigenvalue weighted by molar-refractivity contribution is 7.99. The molecule has 0 bridgehead atoms. The van der Waals surface area contributed by atoms with E-state index in [1.807, 2.05) is 18.2 Å². The number of amides is 3. The van der Waals surface area contributed by atoms with E-state index < -0.39 is 12.0 Å². The molecule has 0 fully saturated rings. The maximum atomic E-state index is 12.5. The van der Waals surface area contributed by atoms with Crippen LogP contribution in [-0.4, -0.2) is 28.0 Å². The molecular formula is C22H20N4O4S. The quantitative estimate of drug-likeness (QED) is 0.392. The van der Waals surface area contributed by atoms with Gasteiger partial charge >= 0.3 is 12.0 Å². The molecule has 158 valence electrons. The number of rotatable bonds is 8. The number of anilines is 2. The summed E-state index contributed by atoms with van der Waals surface area (Å²) in [5.74, 6) is -1.23. The van der Waals surface area contributed by atoms with E-state index in [1.165, 1.54) is 17.8 Å². The molecule has 3 amide bonds. The summed E-state index contributed by atoms with van der Waals surface area (Å²) in [7, 11) is 0. The minimum atomic E-state index is -0.890. The van der Waals surface area contributed by atoms with Gasteiger partial charge in [-0.25, -0.2) is 4.79 Å². The fourth-order valence-corrected chi connectivity index (χ4v) is 3.94. The Hall–Kier alpha value is -3.85. The topological polar surface area (TPSA) is 134 Å². The zero-order chi connectivity index (χ0) is 22.2. The number of nitrogens with two attached hydrogens (primary N) is 1. The van der Waals surface area contributed by atoms with Crippen LogP contribution in [0, 0.1) is 0 Å². The lowest BCUT2D eigenvalue weighted by Crippen LogP contribution is -2.19. The highest BCUT2D eigenvalue weighted by atomic mass is 32.2. The molecule has 1 heterocycles. The number of carbonyl (C=O) groups is 3. The second-order valence-corrected chi connectivity index (χ2v) is 7.82. The molecule has 0 saturated carbocycles. The molecule has 3 rings (SSSR count). The van der Waals surface area contributed by atoms with Gasteiger partial charge in [-0.1, -0.05) is 12.1 Å². The zero-order valence-electron chi connectivity index (χ0n) is 16.3. The van der Waals surface area contributed by atoms with Gasteiger partial charge in [0.25, 0.3) is 5.91 Å². The Balaban J connectivity index is 1.67. The van der Waals surface area contributed by atoms with Crippen LogP contribution >= 0.6 is 11.8 Å². The fourth-order valence-electron chi connectivity index (χ4n) is 2.82. The SMILES string of the molecule is NC(=O)Nc1cccc(C(=O)Nc2ccc(SC(CC(=O)O)c3cccnc3)cc2)c1. The monoisotopic (exact) mass is 436 g/mol. The molecule has 2 aromatic carbocycles. The van der Waals surface area contributed by atoms with E-state index in [0.717, 1.165) is 10.5 Å². The van der Waals surface area contributed by atoms with Gasteiger partial charge in [0.2, 0.25) is 0 Å². The number of carboxylic acid groups (broad SMARTS) is 1. The molecule has 1 unspecified atom stereocenters. The minimum absolute atomic E-state index is 0.0372. The average Bonchev–Trinajstić information content (AvgIpc) is 2.74. The molecule has 1 aromatic heterocycles. The van der Waals surface area contributed by atoms with E-state index >= 15 is 0 Å². The summed E-state index contributed by atoms with van der Waals surface area (Å²) in [6.07, 6.45) is 3.27. The van der Waals surface area contributed by atoms with E-state index in [-0.39, 0.29) is 17.6 Å². The number of nitrogens with zero attached hydrogens (tertiary/aromatic N) is 1. The van der Waals surface area contributed by atoms with Crippen LogP contribution in [0.2, 0.25) is 0 Å². The number of pyridine rings is 1. The number of benzene rings is 2. The van der Waals surface area contributed by atoms with E-state index in [9.17, 15) is 19.5 Å². The molecule has 5 N–H and O–H groups in total. The van der Waals surface area contributed by atoms with Crippen molar-refractivity contribution in [2.75, 3.05) is 10.6 Å². The third-order valence-corrected chi connectivity index (χ3v) is 5.47. The van der Waals surface area contributed by atoms with E-state index in [4.69, 9.17) is 5.73 Å². The third kappa shape index (κ3) is 6.58. The van der Waals surface area contributed by atoms with Gasteiger partial charge in [0.15, 0.2) is 0 Å². The van der Waals surface area contributed by atoms with Crippen molar-refractivity contribution >= 4 is 41.0 Å². The highest BCUT2D eigenvalue weighted by Crippen LogP contribution is 2.37. The second-order valence-electron chi connectivity index (χ2n) is 6.54. The summed E-state index contributed by atoms with van der Waals surface area (Å²) in [6, 6.07) is 16.4. The van der Waals surface area contributed by atoms with Crippen LogP contribution in [0.1, 0.15) is 27.6 Å². The Bertz CT molecular complexity index is 1070. The van der Waals surface area contributed by atoms with Gasteiger partial charge in [-0.05, 0) is 54.1 Å². The number of primary amides is 1. The second kappa shape index (κ2) is 10.3. The van der Waals surface area contributed by atoms with Crippen molar-refractivity contribution in [2.45, 2.75) is 16.6 Å². The number of nitrogens with one attached hydrogen (secondary N) is 2. The van der Waals surface area contributed by atoms with Crippen LogP contribution in [-0.2, 0) is 4.79 Å². The summed E-state index contributed by atoms with van der Waals surface area (Å²) in [6.45, 7) is 0. The van der Waals surface area contributed by atoms with Crippen LogP contribution in [0.15, 0.2) is 78.0 Å². The number of aromatic nitrogens is 1. The van der Waals surface area contributed by atoms with Gasteiger partial charge in [-0.2, -0.15) is 0 Å². The van der Waals surface area contributed by atoms with Crippen molar-refractivity contribution in [1.82, 2.24) is 4.98 Å². The molecule has 0 radical (unpaired) electrons. The van der Waals surface area contributed by atoms with Crippen LogP contribution in [0.25, 0.3) is 0 Å². The normalized spacial score (nSPS) is 11.4. The number of thioether (sulfide) groups is 1. The lowest BCUT2D eigenvalue weighted by Gasteiger charge is -2.15. The first-order valence-corrected chi connectivity index (χ1v) is 10.1. The Labute approximate surface area is 182 Å². The first-order valence-electron chi connectivity index (χ1n) is 9.27. The zero-order valence-corrected chi connectivity index (χ0v) is 17.1. The van der Waals surface area contributed by atoms with Crippen molar-refractivity contribution in [3.8, 4) is 0 Å². The van der Waals surface area contributed by atoms with Crippen molar-refractivity contribution in [1.29, 1.82) is 0 Å². The van der Waals surface area contributed by atoms with E-state index in [2.05, 4.69) is 15.6 Å². The molecule has 3 aromatic rings. The molecule has 1 atom stereocenters. The lowest BCUT2D eigenvalue weighted by molar-refractivity contribution is -0.137. The van der Waals surface area contributed by atoms with Gasteiger partial charge < -0.3 is 21.5 Å². The molecular weight excluding hydrogens is 416 g/mol. The van der Waals surface area contributed by atoms with E-state index in [0.29, 0.717) is 16.9 Å². The lowest BCUT2D eigenvalue weighted by atomic mass is 10.1. The Morgan fingerprint density at radius 3 is 2.42 bits per heavy atom. The summed E-state index contributed by atoms with van der Waals surface area (Å²) < 4.78 is 0. The molecule has 0 aliphatic carbocycles. The highest BCUT2D eigenvalue weighted by Gasteiger charge is 2.17. The number of hydrogen-bond donors (Lipinski definition) is 4. The Morgan fingerprint density at radius 1 is 1.00 bits per heavy atom. The van der Waals surface area contributed by atoms with Gasteiger partial charge in [-0.15, -0.1) is 11.8 Å². The smallest absolute Gasteiger partial charge is 0.316 e. The maximum absolute atomic E-state index is 12.5. The van der Waals surface area contributed by atoms with Crippen molar-refractivity contribution in [3.63, 3.8) is 0 Å². The molecule has 0 aliphatic rings. The van der Waals surface area contributed by atoms with Gasteiger partial charge in [-0.3, -0.25) is 14.6 Å². The third-order valence-electron chi connectivity index (χ3n) is 4.20. The predicted octanol–water partition coefficient (Wildman–Crippen LogP) is 4.13. The van der Waals surface area contributed by atoms with Crippen molar-refractivity contribution in [2.24, 2.45) is 5.73 Å². The number of urea groups is 1. The molecule has 0 spiro atoms. The molecule has 31 heavy (non-hydrogen) atoms. The minimum Gasteiger partial charge on any atom is -0.481 e. The maximum Gasteiger partial charge on any atom is 0.316 e. The fraction of sp³-hybridized carbons (Fsp3) is 0.0909. The van der Waals surface area contributed by atoms with Crippen molar-refractivity contribution < 1.29 is 19.5 Å². The summed E-state index contributed by atoms with van der Waals surface area (Å²) in [5, 5.41) is 14.2. The van der Waals surface area contributed by atoms with Crippen molar-refractivity contribution in [3.05, 3.63) is 84.2 Å². The number of aliphatic carboxylic acids is 1. The van der Waals surface area contributed by atoms with E-state index in [1.54, 1.807) is 48.8 Å². The summed E-state index contributed by atoms with van der Waals surface area (Å²) in [5.41, 5.74) is 7.30. The molecule has 0 aliphatic heterocycles. The number of carbonyl (C=O) groups excluding carboxylic acids is 2. The van der Waals surface area contributed by atoms with Gasteiger partial charge in [0.05, 0.1) is 6.42 Å². The largest absolute Gasteiger partial charge is 0.481 e. The van der Waals surface area contributed by atoms with Crippen LogP contribution < -0.4 is 16.4 Å². The van der Waals surface area contributed by atoms with Crippen LogP contribution in [0.5, 0.6) is 0 Å². The molecule has 9 heteroatoms. The number of carboxylic acids is 1. The molecule has 0 saturated heterocycles. The predicted molar refractivity (Wildman–Crippen MR) is 119 cm³/mol. The summed E-state index contributed by atoms with van der Waals surface area (Å²) in [4.78, 5) is 39.6.